The topological polar surface area (TPSA) is 66.4 Å². The molecule has 16 heavy (non-hydrogen) atoms. The van der Waals surface area contributed by atoms with Crippen LogP contribution in [-0.2, 0) is 14.9 Å². The summed E-state index contributed by atoms with van der Waals surface area (Å²) in [7, 11) is -4.51. The summed E-state index contributed by atoms with van der Waals surface area (Å²) in [5.41, 5.74) is -1.13. The minimum absolute atomic E-state index is 0. The van der Waals surface area contributed by atoms with E-state index in [2.05, 4.69) is 6.58 Å². The summed E-state index contributed by atoms with van der Waals surface area (Å²) in [5.74, 6) is 0. The molecule has 1 aromatic rings. The van der Waals surface area contributed by atoms with E-state index >= 15 is 0 Å². The average molecular weight is 250 g/mol. The van der Waals surface area contributed by atoms with Gasteiger partial charge in [0.25, 0.3) is 0 Å². The third-order valence-corrected chi connectivity index (χ3v) is 2.63. The van der Waals surface area contributed by atoms with Gasteiger partial charge in [-0.2, -0.15) is 0 Å². The Bertz CT molecular complexity index is 416. The van der Waals surface area contributed by atoms with Crippen molar-refractivity contribution in [1.82, 2.24) is 0 Å². The molecule has 1 atom stereocenters. The smallest absolute Gasteiger partial charge is 0.746 e. The molecule has 0 saturated heterocycles. The molecular formula is C10H11NaO4S. The zero-order valence-electron chi connectivity index (χ0n) is 9.00. The standard InChI is InChI=1S/C10H12O4S.Na/c1-2-8-14-10(15(11,12)13)9-6-4-3-5-7-9;/h2-7,10H,1,8H2,(H,11,12,13);/q;+1/p-1. The van der Waals surface area contributed by atoms with Crippen LogP contribution in [0.1, 0.15) is 11.0 Å². The van der Waals surface area contributed by atoms with Gasteiger partial charge in [-0.25, -0.2) is 8.42 Å². The fourth-order valence-corrected chi connectivity index (χ4v) is 1.85. The molecule has 0 fully saturated rings. The van der Waals surface area contributed by atoms with E-state index in [9.17, 15) is 13.0 Å². The van der Waals surface area contributed by atoms with Crippen LogP contribution in [0.5, 0.6) is 0 Å². The molecule has 0 amide bonds. The van der Waals surface area contributed by atoms with Crippen molar-refractivity contribution in [2.45, 2.75) is 5.44 Å². The van der Waals surface area contributed by atoms with E-state index in [1.54, 1.807) is 18.2 Å². The van der Waals surface area contributed by atoms with Crippen molar-refractivity contribution in [2.24, 2.45) is 0 Å². The summed E-state index contributed by atoms with van der Waals surface area (Å²) < 4.78 is 37.7. The Labute approximate surface area is 117 Å². The minimum Gasteiger partial charge on any atom is -0.746 e. The van der Waals surface area contributed by atoms with Gasteiger partial charge in [0, 0.05) is 0 Å². The first-order valence-electron chi connectivity index (χ1n) is 4.28. The largest absolute Gasteiger partial charge is 1.00 e. The van der Waals surface area contributed by atoms with E-state index in [1.165, 1.54) is 18.2 Å². The first kappa shape index (κ1) is 15.8. The summed E-state index contributed by atoms with van der Waals surface area (Å²) >= 11 is 0. The van der Waals surface area contributed by atoms with Gasteiger partial charge in [-0.05, 0) is 5.56 Å². The van der Waals surface area contributed by atoms with Gasteiger partial charge in [0.2, 0.25) is 0 Å². The van der Waals surface area contributed by atoms with Gasteiger partial charge in [-0.3, -0.25) is 0 Å². The second-order valence-electron chi connectivity index (χ2n) is 2.86. The quantitative estimate of drug-likeness (QED) is 0.360. The number of benzene rings is 1. The summed E-state index contributed by atoms with van der Waals surface area (Å²) in [6, 6.07) is 8.08. The van der Waals surface area contributed by atoms with Crippen molar-refractivity contribution in [1.29, 1.82) is 0 Å². The maximum absolute atomic E-state index is 10.9. The summed E-state index contributed by atoms with van der Waals surface area (Å²) in [4.78, 5) is 0. The molecule has 0 bridgehead atoms. The molecule has 0 radical (unpaired) electrons. The monoisotopic (exact) mass is 250 g/mol. The van der Waals surface area contributed by atoms with Crippen molar-refractivity contribution in [3.63, 3.8) is 0 Å². The molecule has 0 aromatic heterocycles. The van der Waals surface area contributed by atoms with E-state index < -0.39 is 15.6 Å². The van der Waals surface area contributed by atoms with Crippen LogP contribution in [0.4, 0.5) is 0 Å². The van der Waals surface area contributed by atoms with E-state index in [1.807, 2.05) is 0 Å². The van der Waals surface area contributed by atoms with Crippen molar-refractivity contribution >= 4 is 10.1 Å². The van der Waals surface area contributed by atoms with Crippen LogP contribution in [0.2, 0.25) is 0 Å². The molecule has 0 aliphatic heterocycles. The van der Waals surface area contributed by atoms with Gasteiger partial charge in [0.15, 0.2) is 5.44 Å². The molecular weight excluding hydrogens is 239 g/mol. The zero-order valence-corrected chi connectivity index (χ0v) is 11.8. The second-order valence-corrected chi connectivity index (χ2v) is 4.27. The molecule has 82 valence electrons. The molecule has 1 rings (SSSR count). The summed E-state index contributed by atoms with van der Waals surface area (Å²) in [6.07, 6.45) is 1.39. The third kappa shape index (κ3) is 4.78. The number of ether oxygens (including phenoxy) is 1. The summed E-state index contributed by atoms with van der Waals surface area (Å²) in [5, 5.41) is 0. The van der Waals surface area contributed by atoms with Crippen molar-refractivity contribution in [3.8, 4) is 0 Å². The SMILES string of the molecule is C=CCOC(c1ccccc1)S(=O)(=O)[O-].[Na+]. The first-order valence-corrected chi connectivity index (χ1v) is 5.75. The van der Waals surface area contributed by atoms with E-state index in [4.69, 9.17) is 4.74 Å². The van der Waals surface area contributed by atoms with Gasteiger partial charge in [-0.15, -0.1) is 6.58 Å². The molecule has 4 nitrogen and oxygen atoms in total. The number of hydrogen-bond donors (Lipinski definition) is 0. The zero-order chi connectivity index (χ0) is 11.3. The first-order chi connectivity index (χ1) is 7.05. The second kappa shape index (κ2) is 7.21. The average Bonchev–Trinajstić information content (AvgIpc) is 2.18. The van der Waals surface area contributed by atoms with Crippen LogP contribution >= 0.6 is 0 Å². The van der Waals surface area contributed by atoms with Gasteiger partial charge in [0.1, 0.15) is 10.1 Å². The van der Waals surface area contributed by atoms with E-state index in [0.717, 1.165) is 0 Å². The molecule has 0 aliphatic rings. The fourth-order valence-electron chi connectivity index (χ4n) is 1.11. The van der Waals surface area contributed by atoms with E-state index in [0.29, 0.717) is 5.56 Å². The number of rotatable bonds is 5. The van der Waals surface area contributed by atoms with Gasteiger partial charge < -0.3 is 9.29 Å². The van der Waals surface area contributed by atoms with Crippen LogP contribution in [0.3, 0.4) is 0 Å². The Kier molecular flexibility index (Phi) is 7.14. The molecule has 0 heterocycles. The Morgan fingerprint density at radius 3 is 2.38 bits per heavy atom. The van der Waals surface area contributed by atoms with Crippen LogP contribution in [0, 0.1) is 0 Å². The van der Waals surface area contributed by atoms with E-state index in [-0.39, 0.29) is 36.2 Å². The molecule has 0 N–H and O–H groups in total. The maximum Gasteiger partial charge on any atom is 1.00 e. The van der Waals surface area contributed by atoms with Crippen molar-refractivity contribution in [3.05, 3.63) is 48.6 Å². The van der Waals surface area contributed by atoms with Gasteiger partial charge in [-0.1, -0.05) is 36.4 Å². The molecule has 6 heteroatoms. The molecule has 0 spiro atoms. The normalized spacial score (nSPS) is 12.6. The third-order valence-electron chi connectivity index (χ3n) is 1.70. The Balaban J connectivity index is 0.00000225. The van der Waals surface area contributed by atoms with Crippen LogP contribution in [0.15, 0.2) is 43.0 Å². The summed E-state index contributed by atoms with van der Waals surface area (Å²) in [6.45, 7) is 3.40. The Morgan fingerprint density at radius 1 is 1.38 bits per heavy atom. The van der Waals surface area contributed by atoms with Crippen molar-refractivity contribution < 1.29 is 47.3 Å². The molecule has 0 saturated carbocycles. The molecule has 1 unspecified atom stereocenters. The Hall–Kier alpha value is -0.170. The van der Waals surface area contributed by atoms with Crippen LogP contribution < -0.4 is 29.6 Å². The molecule has 1 aromatic carbocycles. The Morgan fingerprint density at radius 2 is 1.94 bits per heavy atom. The van der Waals surface area contributed by atoms with Gasteiger partial charge in [0.05, 0.1) is 6.61 Å². The van der Waals surface area contributed by atoms with Gasteiger partial charge >= 0.3 is 29.6 Å². The molecule has 0 aliphatic carbocycles. The van der Waals surface area contributed by atoms with Crippen LogP contribution in [-0.4, -0.2) is 19.6 Å². The van der Waals surface area contributed by atoms with Crippen LogP contribution in [0.25, 0.3) is 0 Å². The fraction of sp³-hybridized carbons (Fsp3) is 0.200. The van der Waals surface area contributed by atoms with Crippen molar-refractivity contribution in [2.75, 3.05) is 6.61 Å². The predicted octanol–water partition coefficient (Wildman–Crippen LogP) is -1.56. The predicted molar refractivity (Wildman–Crippen MR) is 55.0 cm³/mol. The maximum atomic E-state index is 10.9. The number of hydrogen-bond acceptors (Lipinski definition) is 4. The minimum atomic E-state index is -4.51.